The highest BCUT2D eigenvalue weighted by atomic mass is 32.2. The maximum Gasteiger partial charge on any atom is 0.295 e. The molecule has 1 fully saturated rings. The van der Waals surface area contributed by atoms with Gasteiger partial charge in [-0.1, -0.05) is 0 Å². The van der Waals surface area contributed by atoms with Gasteiger partial charge >= 0.3 is 0 Å². The van der Waals surface area contributed by atoms with E-state index in [4.69, 9.17) is 10.2 Å². The third-order valence-corrected chi connectivity index (χ3v) is 4.01. The van der Waals surface area contributed by atoms with E-state index in [1.54, 1.807) is 0 Å². The third kappa shape index (κ3) is 2.34. The second-order valence-electron chi connectivity index (χ2n) is 4.28. The molecule has 0 aliphatic carbocycles. The van der Waals surface area contributed by atoms with Gasteiger partial charge in [0.05, 0.1) is 0 Å². The molecule has 0 radical (unpaired) electrons. The minimum Gasteiger partial charge on any atom is -0.424 e. The predicted molar refractivity (Wildman–Crippen MR) is 72.4 cm³/mol. The largest absolute Gasteiger partial charge is 0.424 e. The molecule has 0 bridgehead atoms. The molecule has 1 aromatic carbocycles. The summed E-state index contributed by atoms with van der Waals surface area (Å²) >= 11 is 2.01. The van der Waals surface area contributed by atoms with Gasteiger partial charge < -0.3 is 15.5 Å². The Hall–Kier alpha value is -1.36. The highest BCUT2D eigenvalue weighted by Gasteiger charge is 2.15. The van der Waals surface area contributed by atoms with E-state index >= 15 is 0 Å². The first-order chi connectivity index (χ1) is 8.31. The highest BCUT2D eigenvalue weighted by Crippen LogP contribution is 2.24. The first-order valence-electron chi connectivity index (χ1n) is 5.81. The average Bonchev–Trinajstić information content (AvgIpc) is 2.71. The summed E-state index contributed by atoms with van der Waals surface area (Å²) in [6, 6.07) is 6.62. The van der Waals surface area contributed by atoms with Gasteiger partial charge in [0.25, 0.3) is 6.01 Å². The van der Waals surface area contributed by atoms with Gasteiger partial charge in [0.2, 0.25) is 0 Å². The van der Waals surface area contributed by atoms with Crippen molar-refractivity contribution < 1.29 is 4.42 Å². The summed E-state index contributed by atoms with van der Waals surface area (Å²) in [6.07, 6.45) is 2.34. The Kier molecular flexibility index (Phi) is 2.84. The second kappa shape index (κ2) is 4.49. The zero-order valence-electron chi connectivity index (χ0n) is 9.48. The maximum atomic E-state index is 5.71. The van der Waals surface area contributed by atoms with Crippen LogP contribution in [0.3, 0.4) is 0 Å². The minimum absolute atomic E-state index is 0.488. The molecule has 2 heterocycles. The number of nitrogens with zero attached hydrogens (tertiary/aromatic N) is 1. The van der Waals surface area contributed by atoms with Crippen molar-refractivity contribution in [1.29, 1.82) is 0 Å². The number of rotatable bonds is 2. The number of benzene rings is 1. The standard InChI is InChI=1S/C12H15N3OS/c13-8-1-2-11-10(7-8)15-12(16-11)14-9-3-5-17-6-4-9/h1-2,7,9H,3-6,13H2,(H,14,15). The van der Waals surface area contributed by atoms with Gasteiger partial charge in [0.1, 0.15) is 5.52 Å². The average molecular weight is 249 g/mol. The highest BCUT2D eigenvalue weighted by molar-refractivity contribution is 7.99. The fraction of sp³-hybridized carbons (Fsp3) is 0.417. The zero-order chi connectivity index (χ0) is 11.7. The number of aromatic nitrogens is 1. The van der Waals surface area contributed by atoms with Crippen LogP contribution in [-0.2, 0) is 0 Å². The van der Waals surface area contributed by atoms with Crippen LogP contribution in [0.2, 0.25) is 0 Å². The lowest BCUT2D eigenvalue weighted by Crippen LogP contribution is -2.24. The summed E-state index contributed by atoms with van der Waals surface area (Å²) in [4.78, 5) is 4.40. The smallest absolute Gasteiger partial charge is 0.295 e. The number of anilines is 2. The van der Waals surface area contributed by atoms with Crippen LogP contribution in [0.4, 0.5) is 11.7 Å². The van der Waals surface area contributed by atoms with Crippen molar-refractivity contribution in [1.82, 2.24) is 4.98 Å². The van der Waals surface area contributed by atoms with E-state index in [1.165, 1.54) is 24.3 Å². The molecule has 0 saturated carbocycles. The van der Waals surface area contributed by atoms with E-state index in [2.05, 4.69) is 10.3 Å². The van der Waals surface area contributed by atoms with Crippen LogP contribution < -0.4 is 11.1 Å². The normalized spacial score (nSPS) is 17.4. The number of hydrogen-bond donors (Lipinski definition) is 2. The molecule has 1 aliphatic rings. The molecule has 3 N–H and O–H groups in total. The van der Waals surface area contributed by atoms with E-state index in [0.29, 0.717) is 17.7 Å². The van der Waals surface area contributed by atoms with Crippen LogP contribution >= 0.6 is 11.8 Å². The van der Waals surface area contributed by atoms with Gasteiger partial charge in [0, 0.05) is 11.7 Å². The summed E-state index contributed by atoms with van der Waals surface area (Å²) < 4.78 is 5.64. The molecule has 0 unspecified atom stereocenters. The molecule has 0 atom stereocenters. The second-order valence-corrected chi connectivity index (χ2v) is 5.50. The first kappa shape index (κ1) is 10.8. The lowest BCUT2D eigenvalue weighted by molar-refractivity contribution is 0.577. The van der Waals surface area contributed by atoms with Gasteiger partial charge in [-0.3, -0.25) is 0 Å². The Labute approximate surface area is 104 Å². The summed E-state index contributed by atoms with van der Waals surface area (Å²) in [5, 5.41) is 3.36. The van der Waals surface area contributed by atoms with E-state index in [0.717, 1.165) is 11.1 Å². The molecule has 0 spiro atoms. The lowest BCUT2D eigenvalue weighted by atomic mass is 10.2. The predicted octanol–water partition coefficient (Wildman–Crippen LogP) is 2.72. The number of fused-ring (bicyclic) bond motifs is 1. The monoisotopic (exact) mass is 249 g/mol. The Bertz CT molecular complexity index is 519. The Morgan fingerprint density at radius 3 is 3.00 bits per heavy atom. The van der Waals surface area contributed by atoms with Crippen molar-refractivity contribution in [2.24, 2.45) is 0 Å². The van der Waals surface area contributed by atoms with Crippen LogP contribution in [0.1, 0.15) is 12.8 Å². The molecule has 17 heavy (non-hydrogen) atoms. The van der Waals surface area contributed by atoms with Crippen molar-refractivity contribution in [3.63, 3.8) is 0 Å². The fourth-order valence-corrected chi connectivity index (χ4v) is 3.13. The van der Waals surface area contributed by atoms with E-state index < -0.39 is 0 Å². The van der Waals surface area contributed by atoms with Gasteiger partial charge in [-0.05, 0) is 42.5 Å². The number of nitrogen functional groups attached to an aromatic ring is 1. The van der Waals surface area contributed by atoms with E-state index in [-0.39, 0.29) is 0 Å². The molecule has 1 saturated heterocycles. The third-order valence-electron chi connectivity index (χ3n) is 2.96. The number of thioether (sulfide) groups is 1. The molecule has 0 amide bonds. The van der Waals surface area contributed by atoms with E-state index in [1.807, 2.05) is 30.0 Å². The zero-order valence-corrected chi connectivity index (χ0v) is 10.3. The fourth-order valence-electron chi connectivity index (χ4n) is 2.02. The van der Waals surface area contributed by atoms with Crippen LogP contribution in [0, 0.1) is 0 Å². The van der Waals surface area contributed by atoms with Crippen molar-refractivity contribution >= 4 is 34.6 Å². The lowest BCUT2D eigenvalue weighted by Gasteiger charge is -2.21. The summed E-state index contributed by atoms with van der Waals surface area (Å²) in [6.45, 7) is 0. The summed E-state index contributed by atoms with van der Waals surface area (Å²) in [5.74, 6) is 2.43. The summed E-state index contributed by atoms with van der Waals surface area (Å²) in [5.41, 5.74) is 8.03. The van der Waals surface area contributed by atoms with Crippen LogP contribution in [0.15, 0.2) is 22.6 Å². The number of nitrogens with two attached hydrogens (primary N) is 1. The molecule has 1 aliphatic heterocycles. The van der Waals surface area contributed by atoms with E-state index in [9.17, 15) is 0 Å². The summed E-state index contributed by atoms with van der Waals surface area (Å²) in [7, 11) is 0. The quantitative estimate of drug-likeness (QED) is 0.801. The van der Waals surface area contributed by atoms with Gasteiger partial charge in [0.15, 0.2) is 5.58 Å². The Morgan fingerprint density at radius 1 is 1.35 bits per heavy atom. The van der Waals surface area contributed by atoms with Gasteiger partial charge in [-0.2, -0.15) is 16.7 Å². The molecule has 5 heteroatoms. The first-order valence-corrected chi connectivity index (χ1v) is 6.97. The van der Waals surface area contributed by atoms with Gasteiger partial charge in [-0.25, -0.2) is 0 Å². The Balaban J connectivity index is 1.80. The van der Waals surface area contributed by atoms with Crippen molar-refractivity contribution in [2.75, 3.05) is 22.6 Å². The van der Waals surface area contributed by atoms with Crippen LogP contribution in [-0.4, -0.2) is 22.5 Å². The van der Waals surface area contributed by atoms with Crippen molar-refractivity contribution in [3.05, 3.63) is 18.2 Å². The van der Waals surface area contributed by atoms with Crippen molar-refractivity contribution in [3.8, 4) is 0 Å². The topological polar surface area (TPSA) is 64.1 Å². The molecule has 2 aromatic rings. The van der Waals surface area contributed by atoms with Crippen LogP contribution in [0.5, 0.6) is 0 Å². The number of hydrogen-bond acceptors (Lipinski definition) is 5. The molecule has 90 valence electrons. The number of nitrogens with one attached hydrogen (secondary N) is 1. The number of oxazole rings is 1. The SMILES string of the molecule is Nc1ccc2oc(NC3CCSCC3)nc2c1. The Morgan fingerprint density at radius 2 is 2.18 bits per heavy atom. The van der Waals surface area contributed by atoms with Crippen molar-refractivity contribution in [2.45, 2.75) is 18.9 Å². The van der Waals surface area contributed by atoms with Crippen LogP contribution in [0.25, 0.3) is 11.1 Å². The minimum atomic E-state index is 0.488. The molecule has 3 rings (SSSR count). The molecular formula is C12H15N3OS. The molecule has 1 aromatic heterocycles. The van der Waals surface area contributed by atoms with Gasteiger partial charge in [-0.15, -0.1) is 0 Å². The maximum absolute atomic E-state index is 5.71. The molecule has 4 nitrogen and oxygen atoms in total. The molecular weight excluding hydrogens is 234 g/mol.